The van der Waals surface area contributed by atoms with E-state index in [1.807, 2.05) is 6.92 Å². The lowest BCUT2D eigenvalue weighted by Gasteiger charge is -2.11. The molecule has 86 valence electrons. The highest BCUT2D eigenvalue weighted by molar-refractivity contribution is 5.45. The summed E-state index contributed by atoms with van der Waals surface area (Å²) in [7, 11) is 0. The van der Waals surface area contributed by atoms with Crippen molar-refractivity contribution in [3.8, 4) is 6.07 Å². The van der Waals surface area contributed by atoms with Gasteiger partial charge >= 0.3 is 0 Å². The second-order valence-corrected chi connectivity index (χ2v) is 4.39. The largest absolute Gasteiger partial charge is 0.384 e. The fourth-order valence-corrected chi connectivity index (χ4v) is 1.51. The van der Waals surface area contributed by atoms with Crippen LogP contribution in [-0.4, -0.2) is 6.54 Å². The molecule has 0 aromatic heterocycles. The number of nitriles is 1. The summed E-state index contributed by atoms with van der Waals surface area (Å²) in [6.45, 7) is 7.14. The summed E-state index contributed by atoms with van der Waals surface area (Å²) >= 11 is 0. The summed E-state index contributed by atoms with van der Waals surface area (Å²) in [4.78, 5) is 0. The van der Waals surface area contributed by atoms with E-state index in [0.717, 1.165) is 18.7 Å². The van der Waals surface area contributed by atoms with E-state index in [0.29, 0.717) is 5.92 Å². The first-order valence-corrected chi connectivity index (χ1v) is 5.90. The molecule has 1 unspecified atom stereocenters. The molecule has 16 heavy (non-hydrogen) atoms. The van der Waals surface area contributed by atoms with E-state index in [1.165, 1.54) is 5.56 Å². The Balaban J connectivity index is 2.53. The van der Waals surface area contributed by atoms with Crippen molar-refractivity contribution in [1.29, 1.82) is 5.26 Å². The summed E-state index contributed by atoms with van der Waals surface area (Å²) in [6, 6.07) is 10.7. The molecule has 0 aliphatic rings. The van der Waals surface area contributed by atoms with E-state index in [4.69, 9.17) is 5.26 Å². The van der Waals surface area contributed by atoms with E-state index in [1.54, 1.807) is 0 Å². The lowest BCUT2D eigenvalue weighted by Crippen LogP contribution is -2.11. The Morgan fingerprint density at radius 2 is 1.88 bits per heavy atom. The van der Waals surface area contributed by atoms with Gasteiger partial charge in [-0.2, -0.15) is 5.26 Å². The third-order valence-corrected chi connectivity index (χ3v) is 2.81. The summed E-state index contributed by atoms with van der Waals surface area (Å²) in [5, 5.41) is 12.1. The zero-order valence-corrected chi connectivity index (χ0v) is 10.3. The monoisotopic (exact) mass is 216 g/mol. The minimum atomic E-state index is 0.102. The zero-order valence-electron chi connectivity index (χ0n) is 10.3. The molecule has 1 aromatic rings. The lowest BCUT2D eigenvalue weighted by molar-refractivity contribution is 0.674. The average Bonchev–Trinajstić information content (AvgIpc) is 2.31. The van der Waals surface area contributed by atoms with Gasteiger partial charge in [0.1, 0.15) is 0 Å². The molecule has 2 nitrogen and oxygen atoms in total. The maximum absolute atomic E-state index is 8.83. The molecular formula is C14H20N2. The first kappa shape index (κ1) is 12.6. The Labute approximate surface area is 98.3 Å². The van der Waals surface area contributed by atoms with Gasteiger partial charge in [-0.3, -0.25) is 0 Å². The van der Waals surface area contributed by atoms with E-state index in [-0.39, 0.29) is 5.92 Å². The fraction of sp³-hybridized carbons (Fsp3) is 0.500. The number of nitrogens with zero attached hydrogens (tertiary/aromatic N) is 1. The molecule has 0 saturated carbocycles. The van der Waals surface area contributed by atoms with Crippen molar-refractivity contribution in [2.75, 3.05) is 11.9 Å². The van der Waals surface area contributed by atoms with Crippen LogP contribution in [0.15, 0.2) is 24.3 Å². The van der Waals surface area contributed by atoms with E-state index in [2.05, 4.69) is 49.5 Å². The second kappa shape index (κ2) is 6.17. The van der Waals surface area contributed by atoms with Gasteiger partial charge in [0.05, 0.1) is 12.0 Å². The molecule has 0 radical (unpaired) electrons. The molecule has 2 heteroatoms. The van der Waals surface area contributed by atoms with Gasteiger partial charge in [-0.15, -0.1) is 0 Å². The predicted octanol–water partition coefficient (Wildman–Crippen LogP) is 3.77. The number of anilines is 1. The van der Waals surface area contributed by atoms with Crippen molar-refractivity contribution >= 4 is 5.69 Å². The minimum Gasteiger partial charge on any atom is -0.384 e. The van der Waals surface area contributed by atoms with Crippen molar-refractivity contribution in [2.24, 2.45) is 5.92 Å². The summed E-state index contributed by atoms with van der Waals surface area (Å²) in [5.74, 6) is 0.668. The number of rotatable bonds is 5. The van der Waals surface area contributed by atoms with Crippen LogP contribution in [-0.2, 0) is 0 Å². The van der Waals surface area contributed by atoms with Gasteiger partial charge in [0.2, 0.25) is 0 Å². The van der Waals surface area contributed by atoms with Crippen LogP contribution in [0.4, 0.5) is 5.69 Å². The number of hydrogen-bond acceptors (Lipinski definition) is 2. The molecule has 0 amide bonds. The third-order valence-electron chi connectivity index (χ3n) is 2.81. The van der Waals surface area contributed by atoms with Crippen LogP contribution < -0.4 is 5.32 Å². The quantitative estimate of drug-likeness (QED) is 0.813. The van der Waals surface area contributed by atoms with Gasteiger partial charge in [0.25, 0.3) is 0 Å². The van der Waals surface area contributed by atoms with Gasteiger partial charge in [0.15, 0.2) is 0 Å². The first-order valence-electron chi connectivity index (χ1n) is 5.90. The molecule has 0 spiro atoms. The Morgan fingerprint density at radius 1 is 1.25 bits per heavy atom. The van der Waals surface area contributed by atoms with Gasteiger partial charge in [-0.25, -0.2) is 0 Å². The normalized spacial score (nSPS) is 12.2. The highest BCUT2D eigenvalue weighted by Gasteiger charge is 2.04. The number of nitrogens with one attached hydrogen (secondary N) is 1. The van der Waals surface area contributed by atoms with Crippen molar-refractivity contribution in [1.82, 2.24) is 0 Å². The molecule has 0 heterocycles. The van der Waals surface area contributed by atoms with Crippen LogP contribution in [0.25, 0.3) is 0 Å². The molecule has 1 atom stereocenters. The Hall–Kier alpha value is -1.49. The van der Waals surface area contributed by atoms with Crippen molar-refractivity contribution in [2.45, 2.75) is 33.1 Å². The van der Waals surface area contributed by atoms with Crippen LogP contribution in [0, 0.1) is 17.2 Å². The van der Waals surface area contributed by atoms with Crippen LogP contribution in [0.1, 0.15) is 38.7 Å². The SMILES string of the molecule is CCC(C#N)CNc1ccc(C(C)C)cc1. The topological polar surface area (TPSA) is 35.8 Å². The Kier molecular flexibility index (Phi) is 4.85. The summed E-state index contributed by atoms with van der Waals surface area (Å²) in [5.41, 5.74) is 2.44. The van der Waals surface area contributed by atoms with E-state index < -0.39 is 0 Å². The van der Waals surface area contributed by atoms with Gasteiger partial charge in [-0.1, -0.05) is 32.9 Å². The van der Waals surface area contributed by atoms with Crippen molar-refractivity contribution in [3.05, 3.63) is 29.8 Å². The second-order valence-electron chi connectivity index (χ2n) is 4.39. The van der Waals surface area contributed by atoms with Crippen LogP contribution in [0.3, 0.4) is 0 Å². The van der Waals surface area contributed by atoms with Gasteiger partial charge < -0.3 is 5.32 Å². The standard InChI is InChI=1S/C14H20N2/c1-4-12(9-15)10-16-14-7-5-13(6-8-14)11(2)3/h5-8,11-12,16H,4,10H2,1-3H3. The lowest BCUT2D eigenvalue weighted by atomic mass is 10.0. The first-order chi connectivity index (χ1) is 7.67. The Morgan fingerprint density at radius 3 is 2.31 bits per heavy atom. The van der Waals surface area contributed by atoms with Crippen molar-refractivity contribution in [3.63, 3.8) is 0 Å². The minimum absolute atomic E-state index is 0.102. The molecule has 0 aliphatic carbocycles. The van der Waals surface area contributed by atoms with Gasteiger partial charge in [-0.05, 0) is 30.0 Å². The molecule has 0 fully saturated rings. The highest BCUT2D eigenvalue weighted by Crippen LogP contribution is 2.17. The van der Waals surface area contributed by atoms with Crippen molar-refractivity contribution < 1.29 is 0 Å². The fourth-order valence-electron chi connectivity index (χ4n) is 1.51. The molecule has 1 rings (SSSR count). The summed E-state index contributed by atoms with van der Waals surface area (Å²) < 4.78 is 0. The van der Waals surface area contributed by atoms with Crippen LogP contribution in [0.5, 0.6) is 0 Å². The smallest absolute Gasteiger partial charge is 0.0674 e. The van der Waals surface area contributed by atoms with E-state index >= 15 is 0 Å². The average molecular weight is 216 g/mol. The maximum atomic E-state index is 8.83. The van der Waals surface area contributed by atoms with E-state index in [9.17, 15) is 0 Å². The Bertz CT molecular complexity index is 346. The molecule has 0 aliphatic heterocycles. The molecular weight excluding hydrogens is 196 g/mol. The number of benzene rings is 1. The van der Waals surface area contributed by atoms with Crippen LogP contribution >= 0.6 is 0 Å². The molecule has 1 N–H and O–H groups in total. The van der Waals surface area contributed by atoms with Crippen LogP contribution in [0.2, 0.25) is 0 Å². The molecule has 0 saturated heterocycles. The molecule has 0 bridgehead atoms. The molecule has 1 aromatic carbocycles. The number of hydrogen-bond donors (Lipinski definition) is 1. The maximum Gasteiger partial charge on any atom is 0.0674 e. The summed E-state index contributed by atoms with van der Waals surface area (Å²) in [6.07, 6.45) is 0.896. The van der Waals surface area contributed by atoms with Gasteiger partial charge in [0, 0.05) is 12.2 Å². The predicted molar refractivity (Wildman–Crippen MR) is 68.4 cm³/mol. The highest BCUT2D eigenvalue weighted by atomic mass is 14.9. The third kappa shape index (κ3) is 3.58. The zero-order chi connectivity index (χ0) is 12.0.